The Morgan fingerprint density at radius 3 is 2.48 bits per heavy atom. The Kier molecular flexibility index (Phi) is 6.72. The molecule has 0 bridgehead atoms. The molecule has 2 N–H and O–H groups in total. The third kappa shape index (κ3) is 5.68. The first-order chi connectivity index (χ1) is 15.6. The zero-order valence-corrected chi connectivity index (χ0v) is 19.0. The summed E-state index contributed by atoms with van der Waals surface area (Å²) in [5, 5.41) is 13.4. The number of nitriles is 1. The second-order valence-electron chi connectivity index (χ2n) is 8.97. The number of carbonyl (C=O) groups is 3. The Morgan fingerprint density at radius 1 is 1.21 bits per heavy atom. The van der Waals surface area contributed by atoms with Gasteiger partial charge in [0, 0.05) is 24.1 Å². The van der Waals surface area contributed by atoms with Crippen LogP contribution in [0.5, 0.6) is 0 Å². The molecule has 1 aliphatic heterocycles. The number of nitrogens with zero attached hydrogens (tertiary/aromatic N) is 3. The van der Waals surface area contributed by atoms with Gasteiger partial charge in [-0.05, 0) is 64.1 Å². The molecule has 3 amide bonds. The van der Waals surface area contributed by atoms with Crippen LogP contribution >= 0.6 is 0 Å². The van der Waals surface area contributed by atoms with Crippen LogP contribution in [0.25, 0.3) is 10.8 Å². The number of rotatable bonds is 4. The predicted octanol–water partition coefficient (Wildman–Crippen LogP) is 4.42. The van der Waals surface area contributed by atoms with Crippen molar-refractivity contribution in [1.29, 1.82) is 5.26 Å². The maximum atomic E-state index is 12.4. The monoisotopic (exact) mass is 453 g/mol. The largest absolute Gasteiger partial charge is 0.447 e. The summed E-state index contributed by atoms with van der Waals surface area (Å²) in [7, 11) is 0. The smallest absolute Gasteiger partial charge is 0.414 e. The minimum absolute atomic E-state index is 0.0492. The van der Waals surface area contributed by atoms with Crippen LogP contribution in [-0.2, 0) is 14.3 Å². The number of aromatic nitrogens is 1. The van der Waals surface area contributed by atoms with Crippen molar-refractivity contribution in [3.63, 3.8) is 0 Å². The van der Waals surface area contributed by atoms with Gasteiger partial charge in [-0.3, -0.25) is 15.0 Å². The number of anilines is 3. The van der Waals surface area contributed by atoms with E-state index in [0.717, 1.165) is 12.8 Å². The van der Waals surface area contributed by atoms with Gasteiger partial charge in [0.25, 0.3) is 0 Å². The number of fused-ring (bicyclic) bond motifs is 1. The summed E-state index contributed by atoms with van der Waals surface area (Å²) in [6.07, 6.45) is 2.30. The second-order valence-corrected chi connectivity index (χ2v) is 8.97. The van der Waals surface area contributed by atoms with Gasteiger partial charge >= 0.3 is 12.2 Å². The van der Waals surface area contributed by atoms with Crippen LogP contribution in [0.3, 0.4) is 0 Å². The number of benzene rings is 1. The number of hydrogen-bond acceptors (Lipinski definition) is 7. The van der Waals surface area contributed by atoms with Gasteiger partial charge in [-0.2, -0.15) is 0 Å². The van der Waals surface area contributed by atoms with Crippen LogP contribution in [0.2, 0.25) is 0 Å². The lowest BCUT2D eigenvalue weighted by Gasteiger charge is -2.22. The third-order valence-electron chi connectivity index (χ3n) is 5.02. The third-order valence-corrected chi connectivity index (χ3v) is 5.02. The lowest BCUT2D eigenvalue weighted by molar-refractivity contribution is -0.117. The summed E-state index contributed by atoms with van der Waals surface area (Å²) in [5.41, 5.74) is 0.351. The van der Waals surface area contributed by atoms with Gasteiger partial charge in [-0.15, -0.1) is 0 Å². The number of ether oxygens (including phenoxy) is 2. The fourth-order valence-electron chi connectivity index (χ4n) is 3.42. The molecule has 4 rings (SSSR count). The Bertz CT molecular complexity index is 1100. The first kappa shape index (κ1) is 23.8. The number of amides is 3. The molecular weight excluding hydrogens is 426 g/mol. The molecule has 1 aliphatic carbocycles. The quantitative estimate of drug-likeness (QED) is 0.700. The molecule has 174 valence electrons. The lowest BCUT2D eigenvalue weighted by Crippen LogP contribution is -2.31. The highest BCUT2D eigenvalue weighted by atomic mass is 16.6. The van der Waals surface area contributed by atoms with E-state index in [4.69, 9.17) is 14.7 Å². The summed E-state index contributed by atoms with van der Waals surface area (Å²) >= 11 is 0. The molecule has 33 heavy (non-hydrogen) atoms. The van der Waals surface area contributed by atoms with Gasteiger partial charge in [-0.1, -0.05) is 0 Å². The van der Waals surface area contributed by atoms with Crippen molar-refractivity contribution in [1.82, 2.24) is 4.98 Å². The normalized spacial score (nSPS) is 17.6. The molecule has 10 nitrogen and oxygen atoms in total. The van der Waals surface area contributed by atoms with E-state index < -0.39 is 17.8 Å². The van der Waals surface area contributed by atoms with Gasteiger partial charge in [0.2, 0.25) is 5.91 Å². The van der Waals surface area contributed by atoms with E-state index in [2.05, 4.69) is 22.2 Å². The Morgan fingerprint density at radius 2 is 1.91 bits per heavy atom. The standard InChI is InChI=1S/C22H26N4O5.CHN/c1-12-11-30-21(29)26(12)15-7-14-8-18(25-19(27)13-5-6-13)23-10-16(14)17(9-15)24-20(28)31-22(2,3)4;1-2/h7-10,12-13H,5-6,11H2,1-4H3,(H,24,28)(H,23,25,27);1H. The van der Waals surface area contributed by atoms with E-state index >= 15 is 0 Å². The molecule has 2 heterocycles. The van der Waals surface area contributed by atoms with E-state index in [1.807, 2.05) is 13.0 Å². The van der Waals surface area contributed by atoms with Crippen LogP contribution in [0, 0.1) is 17.8 Å². The fourth-order valence-corrected chi connectivity index (χ4v) is 3.42. The van der Waals surface area contributed by atoms with Crippen molar-refractivity contribution in [3.05, 3.63) is 24.4 Å². The summed E-state index contributed by atoms with van der Waals surface area (Å²) in [5.74, 6) is 0.419. The molecule has 2 aromatic rings. The molecule has 1 unspecified atom stereocenters. The number of nitrogens with one attached hydrogen (secondary N) is 2. The van der Waals surface area contributed by atoms with Crippen molar-refractivity contribution in [3.8, 4) is 6.57 Å². The van der Waals surface area contributed by atoms with Crippen molar-refractivity contribution < 1.29 is 23.9 Å². The second kappa shape index (κ2) is 9.32. The van der Waals surface area contributed by atoms with Crippen LogP contribution in [0.4, 0.5) is 26.8 Å². The van der Waals surface area contributed by atoms with E-state index in [1.54, 1.807) is 39.1 Å². The zero-order chi connectivity index (χ0) is 24.3. The molecule has 1 aromatic carbocycles. The number of pyridine rings is 1. The van der Waals surface area contributed by atoms with Crippen LogP contribution in [0.1, 0.15) is 40.5 Å². The average Bonchev–Trinajstić information content (AvgIpc) is 3.53. The van der Waals surface area contributed by atoms with Crippen molar-refractivity contribution in [2.75, 3.05) is 22.1 Å². The molecule has 1 atom stereocenters. The molecule has 1 aromatic heterocycles. The van der Waals surface area contributed by atoms with E-state index in [0.29, 0.717) is 28.0 Å². The Balaban J connectivity index is 0.00000149. The summed E-state index contributed by atoms with van der Waals surface area (Å²) in [6.45, 7) is 11.0. The van der Waals surface area contributed by atoms with Gasteiger partial charge in [0.1, 0.15) is 18.0 Å². The number of hydrogen-bond donors (Lipinski definition) is 2. The van der Waals surface area contributed by atoms with Crippen LogP contribution < -0.4 is 15.5 Å². The molecule has 2 aliphatic rings. The van der Waals surface area contributed by atoms with Crippen LogP contribution in [0.15, 0.2) is 24.4 Å². The average molecular weight is 453 g/mol. The van der Waals surface area contributed by atoms with E-state index in [9.17, 15) is 14.4 Å². The molecular formula is C23H27N5O5. The highest BCUT2D eigenvalue weighted by Crippen LogP contribution is 2.35. The highest BCUT2D eigenvalue weighted by Gasteiger charge is 2.32. The fraction of sp³-hybridized carbons (Fsp3) is 0.435. The lowest BCUT2D eigenvalue weighted by atomic mass is 10.1. The van der Waals surface area contributed by atoms with E-state index in [-0.39, 0.29) is 24.5 Å². The minimum atomic E-state index is -0.663. The van der Waals surface area contributed by atoms with Gasteiger partial charge in [0.15, 0.2) is 0 Å². The van der Waals surface area contributed by atoms with Gasteiger partial charge in [-0.25, -0.2) is 19.8 Å². The summed E-state index contributed by atoms with van der Waals surface area (Å²) < 4.78 is 10.5. The molecule has 0 spiro atoms. The molecule has 10 heteroatoms. The number of carbonyl (C=O) groups excluding carboxylic acids is 3. The van der Waals surface area contributed by atoms with Crippen LogP contribution in [-0.4, -0.2) is 41.3 Å². The SMILES string of the molecule is C#N.CC1COC(=O)N1c1cc(NC(=O)OC(C)(C)C)c2cnc(NC(=O)C3CC3)cc2c1. The molecule has 1 saturated carbocycles. The number of cyclic esters (lactones) is 1. The predicted molar refractivity (Wildman–Crippen MR) is 123 cm³/mol. The van der Waals surface area contributed by atoms with E-state index in [1.165, 1.54) is 4.90 Å². The minimum Gasteiger partial charge on any atom is -0.447 e. The molecule has 2 fully saturated rings. The van der Waals surface area contributed by atoms with Crippen molar-refractivity contribution >= 4 is 46.1 Å². The maximum absolute atomic E-state index is 12.4. The first-order valence-electron chi connectivity index (χ1n) is 10.6. The topological polar surface area (TPSA) is 134 Å². The highest BCUT2D eigenvalue weighted by molar-refractivity contribution is 6.05. The van der Waals surface area contributed by atoms with Crippen molar-refractivity contribution in [2.24, 2.45) is 5.92 Å². The summed E-state index contributed by atoms with van der Waals surface area (Å²) in [4.78, 5) is 42.7. The first-order valence-corrected chi connectivity index (χ1v) is 10.6. The Labute approximate surface area is 191 Å². The Hall–Kier alpha value is -3.87. The maximum Gasteiger partial charge on any atom is 0.414 e. The van der Waals surface area contributed by atoms with Crippen molar-refractivity contribution in [2.45, 2.75) is 52.2 Å². The summed E-state index contributed by atoms with van der Waals surface area (Å²) in [6, 6.07) is 5.08. The molecule has 1 saturated heterocycles. The zero-order valence-electron chi connectivity index (χ0n) is 19.0. The van der Waals surface area contributed by atoms with Gasteiger partial charge in [0.05, 0.1) is 17.4 Å². The van der Waals surface area contributed by atoms with Gasteiger partial charge < -0.3 is 14.8 Å². The molecule has 0 radical (unpaired) electrons.